The summed E-state index contributed by atoms with van der Waals surface area (Å²) in [5.41, 5.74) is 9.54. The van der Waals surface area contributed by atoms with Crippen LogP contribution in [0.25, 0.3) is 0 Å². The molecule has 8 heteroatoms. The lowest BCUT2D eigenvalue weighted by Gasteiger charge is -2.06. The van der Waals surface area contributed by atoms with E-state index in [1.807, 2.05) is 6.07 Å². The Morgan fingerprint density at radius 3 is 2.67 bits per heavy atom. The van der Waals surface area contributed by atoms with E-state index in [0.29, 0.717) is 17.8 Å². The summed E-state index contributed by atoms with van der Waals surface area (Å²) in [6, 6.07) is 11.9. The fraction of sp³-hybridized carbons (Fsp3) is 0.0625. The molecule has 0 aliphatic carbocycles. The highest BCUT2D eigenvalue weighted by molar-refractivity contribution is 6.45. The third-order valence-corrected chi connectivity index (χ3v) is 2.98. The number of rotatable bonds is 6. The number of hydrogen-bond donors (Lipinski definition) is 4. The van der Waals surface area contributed by atoms with Crippen molar-refractivity contribution in [2.45, 2.75) is 6.54 Å². The summed E-state index contributed by atoms with van der Waals surface area (Å²) in [6.07, 6.45) is 3.36. The summed E-state index contributed by atoms with van der Waals surface area (Å²) in [5.74, 6) is -0.633. The van der Waals surface area contributed by atoms with Crippen molar-refractivity contribution in [1.29, 1.82) is 10.7 Å². The molecule has 0 aliphatic rings. The first-order chi connectivity index (χ1) is 11.6. The number of carbonyl (C=O) groups is 1. The molecule has 2 aromatic rings. The summed E-state index contributed by atoms with van der Waals surface area (Å²) < 4.78 is 0. The molecule has 0 saturated heterocycles. The molecule has 2 rings (SSSR count). The molecule has 0 spiro atoms. The van der Waals surface area contributed by atoms with Crippen LogP contribution in [-0.4, -0.2) is 22.4 Å². The smallest absolute Gasteiger partial charge is 0.251 e. The van der Waals surface area contributed by atoms with Crippen LogP contribution in [0.15, 0.2) is 53.9 Å². The van der Waals surface area contributed by atoms with E-state index in [2.05, 4.69) is 20.8 Å². The van der Waals surface area contributed by atoms with E-state index in [1.165, 1.54) is 0 Å². The number of nitrogens with zero attached hydrogens (tertiary/aromatic N) is 3. The number of pyridine rings is 1. The Kier molecular flexibility index (Phi) is 5.58. The van der Waals surface area contributed by atoms with E-state index >= 15 is 0 Å². The van der Waals surface area contributed by atoms with Crippen molar-refractivity contribution >= 4 is 23.1 Å². The molecule has 1 aromatic heterocycles. The summed E-state index contributed by atoms with van der Waals surface area (Å²) >= 11 is 0. The van der Waals surface area contributed by atoms with Gasteiger partial charge in [0.1, 0.15) is 6.07 Å². The minimum atomic E-state index is -0.420. The average Bonchev–Trinajstić information content (AvgIpc) is 2.61. The molecule has 0 saturated carbocycles. The Labute approximate surface area is 138 Å². The van der Waals surface area contributed by atoms with Gasteiger partial charge in [0.15, 0.2) is 5.84 Å². The molecule has 0 bridgehead atoms. The van der Waals surface area contributed by atoms with Crippen LogP contribution in [0.1, 0.15) is 15.9 Å². The van der Waals surface area contributed by atoms with Crippen molar-refractivity contribution in [3.8, 4) is 6.07 Å². The predicted octanol–water partition coefficient (Wildman–Crippen LogP) is 1.24. The molecule has 8 nitrogen and oxygen atoms in total. The molecule has 0 atom stereocenters. The van der Waals surface area contributed by atoms with E-state index < -0.39 is 5.84 Å². The third kappa shape index (κ3) is 4.64. The summed E-state index contributed by atoms with van der Waals surface area (Å²) in [5, 5.41) is 22.4. The van der Waals surface area contributed by atoms with Gasteiger partial charge in [0.2, 0.25) is 5.71 Å². The lowest BCUT2D eigenvalue weighted by Crippen LogP contribution is -2.23. The van der Waals surface area contributed by atoms with Crippen molar-refractivity contribution in [2.75, 3.05) is 5.43 Å². The average molecular weight is 321 g/mol. The lowest BCUT2D eigenvalue weighted by atomic mass is 10.2. The number of benzene rings is 1. The van der Waals surface area contributed by atoms with Gasteiger partial charge < -0.3 is 11.1 Å². The maximum absolute atomic E-state index is 12.1. The van der Waals surface area contributed by atoms with Crippen LogP contribution in [0.2, 0.25) is 0 Å². The van der Waals surface area contributed by atoms with Crippen LogP contribution >= 0.6 is 0 Å². The molecule has 0 radical (unpaired) electrons. The first-order valence-corrected chi connectivity index (χ1v) is 6.95. The van der Waals surface area contributed by atoms with Gasteiger partial charge >= 0.3 is 0 Å². The quantitative estimate of drug-likeness (QED) is 0.360. The zero-order chi connectivity index (χ0) is 17.4. The van der Waals surface area contributed by atoms with Gasteiger partial charge in [-0.15, -0.1) is 0 Å². The van der Waals surface area contributed by atoms with Gasteiger partial charge in [0, 0.05) is 24.5 Å². The predicted molar refractivity (Wildman–Crippen MR) is 90.4 cm³/mol. The van der Waals surface area contributed by atoms with Crippen LogP contribution < -0.4 is 16.5 Å². The third-order valence-electron chi connectivity index (χ3n) is 2.98. The second-order valence-electron chi connectivity index (χ2n) is 4.72. The van der Waals surface area contributed by atoms with E-state index in [9.17, 15) is 4.79 Å². The Morgan fingerprint density at radius 2 is 2.08 bits per heavy atom. The molecule has 1 aromatic carbocycles. The molecular weight excluding hydrogens is 306 g/mol. The van der Waals surface area contributed by atoms with Gasteiger partial charge in [0.05, 0.1) is 5.69 Å². The van der Waals surface area contributed by atoms with Crippen molar-refractivity contribution in [3.63, 3.8) is 0 Å². The van der Waals surface area contributed by atoms with Crippen molar-refractivity contribution in [1.82, 2.24) is 10.3 Å². The molecule has 5 N–H and O–H groups in total. The Bertz CT molecular complexity index is 791. The van der Waals surface area contributed by atoms with Crippen molar-refractivity contribution < 1.29 is 4.79 Å². The first kappa shape index (κ1) is 16.6. The highest BCUT2D eigenvalue weighted by Gasteiger charge is 2.05. The monoisotopic (exact) mass is 321 g/mol. The number of hydrazone groups is 1. The number of anilines is 1. The normalized spacial score (nSPS) is 10.5. The van der Waals surface area contributed by atoms with Gasteiger partial charge in [-0.2, -0.15) is 10.4 Å². The van der Waals surface area contributed by atoms with Gasteiger partial charge in [-0.3, -0.25) is 20.6 Å². The molecule has 0 aliphatic heterocycles. The topological polar surface area (TPSA) is 140 Å². The van der Waals surface area contributed by atoms with Crippen LogP contribution in [-0.2, 0) is 6.54 Å². The summed E-state index contributed by atoms with van der Waals surface area (Å²) in [7, 11) is 0. The fourth-order valence-electron chi connectivity index (χ4n) is 1.75. The number of amides is 1. The Hall–Kier alpha value is -3.73. The lowest BCUT2D eigenvalue weighted by molar-refractivity contribution is 0.0951. The second-order valence-corrected chi connectivity index (χ2v) is 4.72. The van der Waals surface area contributed by atoms with Crippen molar-refractivity contribution in [3.05, 3.63) is 59.9 Å². The van der Waals surface area contributed by atoms with Gasteiger partial charge in [-0.05, 0) is 35.9 Å². The van der Waals surface area contributed by atoms with E-state index in [1.54, 1.807) is 48.8 Å². The van der Waals surface area contributed by atoms with E-state index in [-0.39, 0.29) is 11.6 Å². The van der Waals surface area contributed by atoms with Gasteiger partial charge in [-0.25, -0.2) is 0 Å². The standard InChI is InChI=1S/C16H15N7O/c17-8-14(15(18)19)23-22-13-5-3-12(4-6-13)16(24)21-10-11-2-1-7-20-9-11/h1-7,9,22H,10H2,(H3,18,19)(H,21,24)/b23-14+. The highest BCUT2D eigenvalue weighted by atomic mass is 16.1. The second kappa shape index (κ2) is 8.05. The number of carbonyl (C=O) groups excluding carboxylic acids is 1. The van der Waals surface area contributed by atoms with E-state index in [4.69, 9.17) is 16.4 Å². The van der Waals surface area contributed by atoms with E-state index in [0.717, 1.165) is 5.56 Å². The number of nitrogens with one attached hydrogen (secondary N) is 3. The highest BCUT2D eigenvalue weighted by Crippen LogP contribution is 2.10. The van der Waals surface area contributed by atoms with Crippen LogP contribution in [0, 0.1) is 16.7 Å². The zero-order valence-corrected chi connectivity index (χ0v) is 12.7. The van der Waals surface area contributed by atoms with Gasteiger partial charge in [-0.1, -0.05) is 6.07 Å². The molecule has 0 fully saturated rings. The minimum absolute atomic E-state index is 0.213. The van der Waals surface area contributed by atoms with Crippen LogP contribution in [0.3, 0.4) is 0 Å². The fourth-order valence-corrected chi connectivity index (χ4v) is 1.75. The zero-order valence-electron chi connectivity index (χ0n) is 12.7. The molecular formula is C16H15N7O. The maximum Gasteiger partial charge on any atom is 0.251 e. The summed E-state index contributed by atoms with van der Waals surface area (Å²) in [6.45, 7) is 0.390. The molecule has 24 heavy (non-hydrogen) atoms. The number of aromatic nitrogens is 1. The first-order valence-electron chi connectivity index (χ1n) is 6.95. The molecule has 1 heterocycles. The van der Waals surface area contributed by atoms with Crippen LogP contribution in [0.4, 0.5) is 5.69 Å². The molecule has 120 valence electrons. The van der Waals surface area contributed by atoms with Crippen LogP contribution in [0.5, 0.6) is 0 Å². The number of amidine groups is 1. The SMILES string of the molecule is N#C/C(=N\Nc1ccc(C(=O)NCc2cccnc2)cc1)C(=N)N. The number of nitrogens with two attached hydrogens (primary N) is 1. The Balaban J connectivity index is 1.95. The minimum Gasteiger partial charge on any atom is -0.382 e. The Morgan fingerprint density at radius 1 is 1.33 bits per heavy atom. The van der Waals surface area contributed by atoms with Crippen molar-refractivity contribution in [2.24, 2.45) is 10.8 Å². The molecule has 0 unspecified atom stereocenters. The molecule has 1 amide bonds. The summed E-state index contributed by atoms with van der Waals surface area (Å²) in [4.78, 5) is 16.0. The largest absolute Gasteiger partial charge is 0.382 e. The number of hydrogen-bond acceptors (Lipinski definition) is 6. The van der Waals surface area contributed by atoms with Gasteiger partial charge in [0.25, 0.3) is 5.91 Å². The maximum atomic E-state index is 12.1. The number of nitriles is 1.